The van der Waals surface area contributed by atoms with Gasteiger partial charge in [-0.1, -0.05) is 41.4 Å². The van der Waals surface area contributed by atoms with E-state index in [1.54, 1.807) is 29.2 Å². The summed E-state index contributed by atoms with van der Waals surface area (Å²) in [6, 6.07) is 9.26. The minimum absolute atomic E-state index is 0.0485. The standard InChI is InChI=1S/C24H24Cl2F2N4O2/c1-24-12-31(23(33)16-4-2-3-15(21(16)26)17(10-29)22(28)30)7-8-32(24)11-20(34-13-24)14-5-6-19(27)18(25)9-14/h2-6,9-10,20,30H,7-8,11-13,29H2,1H3/b17-10-,30-22?/t20-,24+/m1/s1. The van der Waals surface area contributed by atoms with Gasteiger partial charge in [0.05, 0.1) is 39.4 Å². The number of nitrogens with one attached hydrogen (secondary N) is 1. The van der Waals surface area contributed by atoms with E-state index in [1.807, 2.05) is 6.92 Å². The Morgan fingerprint density at radius 2 is 2.00 bits per heavy atom. The first kappa shape index (κ1) is 24.6. The average molecular weight is 509 g/mol. The van der Waals surface area contributed by atoms with Crippen LogP contribution in [-0.4, -0.2) is 60.0 Å². The first-order valence-electron chi connectivity index (χ1n) is 10.7. The summed E-state index contributed by atoms with van der Waals surface area (Å²) >= 11 is 12.4. The van der Waals surface area contributed by atoms with E-state index in [-0.39, 0.29) is 38.8 Å². The normalized spacial score (nSPS) is 23.5. The monoisotopic (exact) mass is 508 g/mol. The van der Waals surface area contributed by atoms with Crippen LogP contribution in [0.25, 0.3) is 5.57 Å². The highest BCUT2D eigenvalue weighted by atomic mass is 35.5. The van der Waals surface area contributed by atoms with E-state index < -0.39 is 17.3 Å². The first-order valence-corrected chi connectivity index (χ1v) is 11.5. The number of fused-ring (bicyclic) bond motifs is 1. The third kappa shape index (κ3) is 4.55. The number of nitrogens with zero attached hydrogens (tertiary/aromatic N) is 2. The summed E-state index contributed by atoms with van der Waals surface area (Å²) in [5.74, 6) is -1.99. The Morgan fingerprint density at radius 1 is 1.26 bits per heavy atom. The van der Waals surface area contributed by atoms with E-state index in [0.29, 0.717) is 32.8 Å². The Balaban J connectivity index is 1.51. The van der Waals surface area contributed by atoms with Crippen LogP contribution in [0, 0.1) is 11.2 Å². The topological polar surface area (TPSA) is 82.7 Å². The number of carbonyl (C=O) groups is 1. The molecule has 4 rings (SSSR count). The lowest BCUT2D eigenvalue weighted by atomic mass is 9.92. The molecule has 34 heavy (non-hydrogen) atoms. The number of allylic oxidation sites excluding steroid dienone is 1. The molecule has 2 heterocycles. The van der Waals surface area contributed by atoms with Gasteiger partial charge in [-0.15, -0.1) is 0 Å². The molecule has 0 radical (unpaired) electrons. The Kier molecular flexibility index (Phi) is 6.96. The molecule has 2 fully saturated rings. The molecule has 2 saturated heterocycles. The van der Waals surface area contributed by atoms with Gasteiger partial charge in [0.15, 0.2) is 0 Å². The fraction of sp³-hybridized carbons (Fsp3) is 0.333. The second-order valence-corrected chi connectivity index (χ2v) is 9.49. The maximum Gasteiger partial charge on any atom is 0.255 e. The van der Waals surface area contributed by atoms with Crippen LogP contribution in [0.15, 0.2) is 42.6 Å². The molecular formula is C24H24Cl2F2N4O2. The molecule has 2 aliphatic rings. The van der Waals surface area contributed by atoms with Crippen LogP contribution in [0.3, 0.4) is 0 Å². The highest BCUT2D eigenvalue weighted by Gasteiger charge is 2.44. The van der Waals surface area contributed by atoms with Gasteiger partial charge >= 0.3 is 0 Å². The molecule has 10 heteroatoms. The molecule has 1 amide bonds. The summed E-state index contributed by atoms with van der Waals surface area (Å²) in [6.07, 6.45) is 0.707. The third-order valence-electron chi connectivity index (χ3n) is 6.44. The highest BCUT2D eigenvalue weighted by Crippen LogP contribution is 2.35. The molecule has 0 spiro atoms. The van der Waals surface area contributed by atoms with Gasteiger partial charge in [-0.2, -0.15) is 4.39 Å². The number of rotatable bonds is 4. The number of hydrogen-bond acceptors (Lipinski definition) is 5. The molecule has 2 aliphatic heterocycles. The number of halogens is 4. The van der Waals surface area contributed by atoms with Crippen LogP contribution in [0.5, 0.6) is 0 Å². The quantitative estimate of drug-likeness (QED) is 0.588. The van der Waals surface area contributed by atoms with Gasteiger partial charge in [0.1, 0.15) is 5.82 Å². The van der Waals surface area contributed by atoms with Gasteiger partial charge in [-0.3, -0.25) is 15.1 Å². The molecule has 0 aromatic heterocycles. The van der Waals surface area contributed by atoms with Crippen LogP contribution < -0.4 is 5.73 Å². The minimum atomic E-state index is -1.23. The minimum Gasteiger partial charge on any atom is -0.404 e. The summed E-state index contributed by atoms with van der Waals surface area (Å²) in [4.78, 5) is 17.3. The average Bonchev–Trinajstić information content (AvgIpc) is 2.81. The van der Waals surface area contributed by atoms with Crippen molar-refractivity contribution < 1.29 is 18.3 Å². The van der Waals surface area contributed by atoms with Crippen LogP contribution in [0.2, 0.25) is 10.0 Å². The van der Waals surface area contributed by atoms with E-state index in [9.17, 15) is 13.6 Å². The maximum atomic E-state index is 13.6. The second-order valence-electron chi connectivity index (χ2n) is 8.70. The van der Waals surface area contributed by atoms with E-state index in [0.717, 1.165) is 11.8 Å². The molecule has 0 aliphatic carbocycles. The zero-order chi connectivity index (χ0) is 24.6. The van der Waals surface area contributed by atoms with Crippen molar-refractivity contribution in [2.75, 3.05) is 32.8 Å². The molecule has 2 aromatic rings. The molecule has 6 nitrogen and oxygen atoms in total. The van der Waals surface area contributed by atoms with Gasteiger partial charge in [0.25, 0.3) is 5.91 Å². The smallest absolute Gasteiger partial charge is 0.255 e. The predicted molar refractivity (Wildman–Crippen MR) is 128 cm³/mol. The van der Waals surface area contributed by atoms with Crippen molar-refractivity contribution in [3.63, 3.8) is 0 Å². The predicted octanol–water partition coefficient (Wildman–Crippen LogP) is 4.67. The van der Waals surface area contributed by atoms with Crippen molar-refractivity contribution in [2.24, 2.45) is 5.73 Å². The van der Waals surface area contributed by atoms with Gasteiger partial charge in [-0.05, 0) is 30.7 Å². The molecule has 0 saturated carbocycles. The summed E-state index contributed by atoms with van der Waals surface area (Å²) in [6.45, 7) is 4.45. The maximum absolute atomic E-state index is 13.6. The van der Waals surface area contributed by atoms with E-state index in [2.05, 4.69) is 4.90 Å². The fourth-order valence-electron chi connectivity index (χ4n) is 4.53. The number of nitrogens with two attached hydrogens (primary N) is 1. The summed E-state index contributed by atoms with van der Waals surface area (Å²) < 4.78 is 33.2. The second kappa shape index (κ2) is 9.62. The number of ether oxygens (including phenoxy) is 1. The van der Waals surface area contributed by atoms with Gasteiger partial charge in [0, 0.05) is 37.9 Å². The SMILES string of the molecule is C[C@]12CO[C@@H](c3ccc(F)c(Cl)c3)CN1CCN(C(=O)c1cccc(/C(=C/N)C(=N)F)c1Cl)C2. The molecule has 0 bridgehead atoms. The molecule has 0 unspecified atom stereocenters. The molecule has 2 atom stereocenters. The van der Waals surface area contributed by atoms with Crippen LogP contribution in [0.4, 0.5) is 8.78 Å². The van der Waals surface area contributed by atoms with Gasteiger partial charge < -0.3 is 15.4 Å². The van der Waals surface area contributed by atoms with Gasteiger partial charge in [-0.25, -0.2) is 4.39 Å². The molecule has 3 N–H and O–H groups in total. The van der Waals surface area contributed by atoms with Crippen molar-refractivity contribution in [1.29, 1.82) is 5.41 Å². The zero-order valence-electron chi connectivity index (χ0n) is 18.5. The number of piperazine rings is 1. The largest absolute Gasteiger partial charge is 0.404 e. The fourth-order valence-corrected chi connectivity index (χ4v) is 5.03. The van der Waals surface area contributed by atoms with E-state index in [4.69, 9.17) is 39.1 Å². The Hall–Kier alpha value is -2.52. The van der Waals surface area contributed by atoms with Crippen molar-refractivity contribution in [3.05, 3.63) is 75.2 Å². The number of amides is 1. The van der Waals surface area contributed by atoms with E-state index >= 15 is 0 Å². The Bertz CT molecular complexity index is 1180. The molecular weight excluding hydrogens is 485 g/mol. The van der Waals surface area contributed by atoms with Crippen LogP contribution >= 0.6 is 23.2 Å². The lowest BCUT2D eigenvalue weighted by Gasteiger charge is -2.53. The Labute approximate surface area is 206 Å². The van der Waals surface area contributed by atoms with E-state index in [1.165, 1.54) is 12.1 Å². The number of benzene rings is 2. The summed E-state index contributed by atoms with van der Waals surface area (Å²) in [5, 5.41) is 7.38. The van der Waals surface area contributed by atoms with Crippen molar-refractivity contribution in [2.45, 2.75) is 18.6 Å². The van der Waals surface area contributed by atoms with Crippen molar-refractivity contribution in [3.8, 4) is 0 Å². The van der Waals surface area contributed by atoms with Crippen molar-refractivity contribution in [1.82, 2.24) is 9.80 Å². The van der Waals surface area contributed by atoms with Gasteiger partial charge in [0.2, 0.25) is 5.97 Å². The number of hydrogen-bond donors (Lipinski definition) is 2. The number of morpholine rings is 1. The Morgan fingerprint density at radius 3 is 2.68 bits per heavy atom. The first-order chi connectivity index (χ1) is 16.1. The lowest BCUT2D eigenvalue weighted by Crippen LogP contribution is -2.66. The zero-order valence-corrected chi connectivity index (χ0v) is 20.0. The van der Waals surface area contributed by atoms with Crippen LogP contribution in [-0.2, 0) is 4.74 Å². The molecule has 180 valence electrons. The third-order valence-corrected chi connectivity index (χ3v) is 7.14. The highest BCUT2D eigenvalue weighted by molar-refractivity contribution is 6.37. The summed E-state index contributed by atoms with van der Waals surface area (Å²) in [7, 11) is 0. The lowest BCUT2D eigenvalue weighted by molar-refractivity contribution is -0.130. The summed E-state index contributed by atoms with van der Waals surface area (Å²) in [5.41, 5.74) is 6.06. The number of carbonyl (C=O) groups excluding carboxylic acids is 1. The van der Waals surface area contributed by atoms with Crippen molar-refractivity contribution >= 4 is 40.6 Å². The molecule has 2 aromatic carbocycles. The van der Waals surface area contributed by atoms with Crippen LogP contribution in [0.1, 0.15) is 34.5 Å².